The molecule has 7 aromatic carbocycles. The van der Waals surface area contributed by atoms with Crippen molar-refractivity contribution < 1.29 is 4.42 Å². The van der Waals surface area contributed by atoms with Crippen molar-refractivity contribution in [1.29, 1.82) is 0 Å². The number of nitrogens with zero attached hydrogens (tertiary/aromatic N) is 4. The molecule has 4 heterocycles. The highest BCUT2D eigenvalue weighted by atomic mass is 32.1. The number of para-hydroxylation sites is 2. The maximum absolute atomic E-state index is 6.36. The van der Waals surface area contributed by atoms with Crippen LogP contribution in [0.5, 0.6) is 0 Å². The third-order valence-electron chi connectivity index (χ3n) is 9.73. The number of hydrogen-bond acceptors (Lipinski definition) is 7. The van der Waals surface area contributed by atoms with Crippen LogP contribution >= 0.6 is 22.7 Å². The van der Waals surface area contributed by atoms with Crippen molar-refractivity contribution in [3.8, 4) is 22.8 Å². The van der Waals surface area contributed by atoms with Crippen molar-refractivity contribution in [2.24, 2.45) is 0 Å². The van der Waals surface area contributed by atoms with Crippen molar-refractivity contribution in [3.63, 3.8) is 0 Å². The average molecular weight is 703 g/mol. The minimum Gasteiger partial charge on any atom is -0.456 e. The molecule has 0 radical (unpaired) electrons. The molecule has 7 heteroatoms. The predicted molar refractivity (Wildman–Crippen MR) is 218 cm³/mol. The van der Waals surface area contributed by atoms with Gasteiger partial charge in [0, 0.05) is 62.5 Å². The molecule has 0 unspecified atom stereocenters. The van der Waals surface area contributed by atoms with E-state index in [-0.39, 0.29) is 0 Å². The van der Waals surface area contributed by atoms with Crippen LogP contribution in [0.25, 0.3) is 85.1 Å². The van der Waals surface area contributed by atoms with Gasteiger partial charge in [-0.1, -0.05) is 91.0 Å². The highest BCUT2D eigenvalue weighted by Gasteiger charge is 2.24. The van der Waals surface area contributed by atoms with Gasteiger partial charge in [-0.05, 0) is 66.7 Å². The summed E-state index contributed by atoms with van der Waals surface area (Å²) in [7, 11) is 0. The van der Waals surface area contributed by atoms with Crippen LogP contribution in [0.4, 0.5) is 17.3 Å². The molecule has 0 amide bonds. The van der Waals surface area contributed by atoms with Gasteiger partial charge in [0.15, 0.2) is 11.6 Å². The fourth-order valence-corrected chi connectivity index (χ4v) is 9.57. The van der Waals surface area contributed by atoms with Gasteiger partial charge in [-0.3, -0.25) is 4.90 Å². The molecule has 4 aromatic heterocycles. The van der Waals surface area contributed by atoms with Crippen molar-refractivity contribution in [3.05, 3.63) is 158 Å². The molecule has 0 atom stereocenters. The highest BCUT2D eigenvalue weighted by Crippen LogP contribution is 2.43. The van der Waals surface area contributed by atoms with Crippen LogP contribution in [0.1, 0.15) is 0 Å². The second-order valence-electron chi connectivity index (χ2n) is 12.8. The van der Waals surface area contributed by atoms with E-state index in [0.29, 0.717) is 17.6 Å². The SMILES string of the molecule is c1ccc(N(c2nc(-c3ccc4c(c3)sc3ccccc34)nc(-c3ccc4sc5ccccc5c4c3)n2)c2cccc3oc4ccccc4c23)cc1. The van der Waals surface area contributed by atoms with E-state index in [4.69, 9.17) is 19.4 Å². The van der Waals surface area contributed by atoms with E-state index in [9.17, 15) is 0 Å². The van der Waals surface area contributed by atoms with Crippen LogP contribution in [0.15, 0.2) is 162 Å². The molecule has 0 spiro atoms. The zero-order chi connectivity index (χ0) is 34.2. The molecule has 5 nitrogen and oxygen atoms in total. The summed E-state index contributed by atoms with van der Waals surface area (Å²) in [4.78, 5) is 18.0. The Kier molecular flexibility index (Phi) is 6.52. The molecule has 0 fully saturated rings. The van der Waals surface area contributed by atoms with Gasteiger partial charge in [0.25, 0.3) is 0 Å². The molecule has 0 bridgehead atoms. The number of anilines is 3. The van der Waals surface area contributed by atoms with Crippen molar-refractivity contribution in [2.45, 2.75) is 0 Å². The first-order chi connectivity index (χ1) is 25.7. The fraction of sp³-hybridized carbons (Fsp3) is 0. The lowest BCUT2D eigenvalue weighted by Gasteiger charge is -2.24. The molecule has 0 N–H and O–H groups in total. The molecule has 11 aromatic rings. The normalized spacial score (nSPS) is 11.8. The third kappa shape index (κ3) is 4.64. The van der Waals surface area contributed by atoms with E-state index >= 15 is 0 Å². The molecule has 0 aliphatic heterocycles. The fourth-order valence-electron chi connectivity index (χ4n) is 7.33. The average Bonchev–Trinajstić information content (AvgIpc) is 3.89. The van der Waals surface area contributed by atoms with E-state index in [1.54, 1.807) is 22.7 Å². The molecule has 0 aliphatic rings. The van der Waals surface area contributed by atoms with Gasteiger partial charge in [0.05, 0.1) is 11.1 Å². The van der Waals surface area contributed by atoms with Crippen LogP contribution in [0, 0.1) is 0 Å². The summed E-state index contributed by atoms with van der Waals surface area (Å²) in [6.45, 7) is 0. The van der Waals surface area contributed by atoms with E-state index in [0.717, 1.165) is 44.4 Å². The number of rotatable bonds is 5. The third-order valence-corrected chi connectivity index (χ3v) is 12.0. The van der Waals surface area contributed by atoms with Gasteiger partial charge in [-0.15, -0.1) is 22.7 Å². The van der Waals surface area contributed by atoms with Crippen molar-refractivity contribution in [2.75, 3.05) is 4.90 Å². The van der Waals surface area contributed by atoms with Gasteiger partial charge in [0.1, 0.15) is 11.2 Å². The number of aromatic nitrogens is 3. The number of furan rings is 1. The number of hydrogen-bond donors (Lipinski definition) is 0. The second kappa shape index (κ2) is 11.6. The summed E-state index contributed by atoms with van der Waals surface area (Å²) in [5, 5.41) is 6.97. The Bertz CT molecular complexity index is 3160. The van der Waals surface area contributed by atoms with Crippen molar-refractivity contribution in [1.82, 2.24) is 15.0 Å². The quantitative estimate of drug-likeness (QED) is 0.179. The Morgan fingerprint density at radius 1 is 0.423 bits per heavy atom. The maximum atomic E-state index is 6.36. The van der Waals surface area contributed by atoms with Gasteiger partial charge >= 0.3 is 0 Å². The first-order valence-electron chi connectivity index (χ1n) is 17.1. The van der Waals surface area contributed by atoms with Crippen molar-refractivity contribution >= 4 is 102 Å². The monoisotopic (exact) mass is 702 g/mol. The smallest absolute Gasteiger partial charge is 0.238 e. The van der Waals surface area contributed by atoms with E-state index in [1.165, 1.54) is 40.3 Å². The topological polar surface area (TPSA) is 55.1 Å². The number of benzene rings is 7. The van der Waals surface area contributed by atoms with Gasteiger partial charge in [-0.2, -0.15) is 9.97 Å². The zero-order valence-corrected chi connectivity index (χ0v) is 29.2. The van der Waals surface area contributed by atoms with E-state index < -0.39 is 0 Å². The molecule has 11 rings (SSSR count). The van der Waals surface area contributed by atoms with Crippen LogP contribution in [-0.2, 0) is 0 Å². The lowest BCUT2D eigenvalue weighted by atomic mass is 10.1. The lowest BCUT2D eigenvalue weighted by Crippen LogP contribution is -2.15. The first-order valence-corrected chi connectivity index (χ1v) is 18.7. The van der Waals surface area contributed by atoms with Crippen LogP contribution in [0.2, 0.25) is 0 Å². The van der Waals surface area contributed by atoms with Gasteiger partial charge < -0.3 is 4.42 Å². The summed E-state index contributed by atoms with van der Waals surface area (Å²) in [5.41, 5.74) is 5.37. The number of fused-ring (bicyclic) bond motifs is 9. The molecule has 0 saturated heterocycles. The molecular weight excluding hydrogens is 677 g/mol. The molecule has 0 saturated carbocycles. The largest absolute Gasteiger partial charge is 0.456 e. The van der Waals surface area contributed by atoms with Crippen LogP contribution in [0.3, 0.4) is 0 Å². The van der Waals surface area contributed by atoms with E-state index in [1.807, 2.05) is 42.5 Å². The Morgan fingerprint density at radius 2 is 1.02 bits per heavy atom. The molecule has 0 aliphatic carbocycles. The Labute approximate surface area is 305 Å². The summed E-state index contributed by atoms with van der Waals surface area (Å²) in [6.07, 6.45) is 0. The minimum absolute atomic E-state index is 0.524. The number of thiophene rings is 2. The lowest BCUT2D eigenvalue weighted by molar-refractivity contribution is 0.669. The Morgan fingerprint density at radius 3 is 1.83 bits per heavy atom. The van der Waals surface area contributed by atoms with Crippen LogP contribution in [-0.4, -0.2) is 15.0 Å². The van der Waals surface area contributed by atoms with Gasteiger partial charge in [0.2, 0.25) is 5.95 Å². The Hall–Kier alpha value is -6.41. The Balaban J connectivity index is 1.19. The highest BCUT2D eigenvalue weighted by molar-refractivity contribution is 7.26. The predicted octanol–water partition coefficient (Wildman–Crippen LogP) is 13.3. The zero-order valence-electron chi connectivity index (χ0n) is 27.5. The molecule has 244 valence electrons. The van der Waals surface area contributed by atoms with E-state index in [2.05, 4.69) is 120 Å². The minimum atomic E-state index is 0.524. The summed E-state index contributed by atoms with van der Waals surface area (Å²) >= 11 is 3.60. The molecule has 52 heavy (non-hydrogen) atoms. The summed E-state index contributed by atoms with van der Waals surface area (Å²) in [6, 6.07) is 54.9. The standard InChI is InChI=1S/C45H26N4OS2/c1-2-11-29(12-3-1)49(35-16-10-18-37-42(35)33-15-4-7-17-36(33)50-37)45-47-43(27-22-24-40-34(25-27)31-14-6-9-20-39(31)51-40)46-44(48-45)28-21-23-32-30-13-5-8-19-38(30)52-41(32)26-28/h1-26H. The second-order valence-corrected chi connectivity index (χ2v) is 15.0. The molecular formula is C45H26N4OS2. The maximum Gasteiger partial charge on any atom is 0.238 e. The first kappa shape index (κ1) is 29.3. The van der Waals surface area contributed by atoms with Gasteiger partial charge in [-0.25, -0.2) is 4.98 Å². The summed E-state index contributed by atoms with van der Waals surface area (Å²) < 4.78 is 11.3. The van der Waals surface area contributed by atoms with Crippen LogP contribution < -0.4 is 4.90 Å². The summed E-state index contributed by atoms with van der Waals surface area (Å²) in [5.74, 6) is 1.74.